The number of halogens is 6. The van der Waals surface area contributed by atoms with Crippen LogP contribution in [0.2, 0.25) is 0 Å². The van der Waals surface area contributed by atoms with Gasteiger partial charge < -0.3 is 5.11 Å². The molecule has 2 aromatic carbocycles. The third-order valence-corrected chi connectivity index (χ3v) is 7.28. The molecule has 0 unspecified atom stereocenters. The van der Waals surface area contributed by atoms with Crippen LogP contribution in [0.25, 0.3) is 6.08 Å². The molecule has 0 saturated carbocycles. The number of hydrogen-bond acceptors (Lipinski definition) is 3. The summed E-state index contributed by atoms with van der Waals surface area (Å²) >= 11 is 0.684. The highest BCUT2D eigenvalue weighted by molar-refractivity contribution is 7.99. The van der Waals surface area contributed by atoms with Crippen molar-refractivity contribution in [2.75, 3.05) is 19.6 Å². The minimum absolute atomic E-state index is 0.0205. The molecule has 3 nitrogen and oxygen atoms in total. The summed E-state index contributed by atoms with van der Waals surface area (Å²) in [5, 5.41) is 9.07. The average Bonchev–Trinajstić information content (AvgIpc) is 2.78. The van der Waals surface area contributed by atoms with E-state index in [-0.39, 0.29) is 12.5 Å². The smallest absolute Gasteiger partial charge is 0.418 e. The van der Waals surface area contributed by atoms with E-state index >= 15 is 0 Å². The second kappa shape index (κ2) is 11.3. The van der Waals surface area contributed by atoms with Crippen molar-refractivity contribution in [1.29, 1.82) is 0 Å². The molecule has 0 radical (unpaired) electrons. The Bertz CT molecular complexity index is 1100. The molecule has 1 heterocycles. The van der Waals surface area contributed by atoms with Crippen LogP contribution in [0, 0.1) is 5.92 Å². The van der Waals surface area contributed by atoms with E-state index in [1.54, 1.807) is 24.3 Å². The maximum Gasteiger partial charge on any atom is 0.418 e. The Morgan fingerprint density at radius 2 is 1.61 bits per heavy atom. The molecule has 0 aliphatic carbocycles. The Balaban J connectivity index is 1.96. The molecule has 1 fully saturated rings. The highest BCUT2D eigenvalue weighted by Crippen LogP contribution is 2.48. The molecule has 196 valence electrons. The molecule has 10 heteroatoms. The first-order chi connectivity index (χ1) is 16.8. The predicted octanol–water partition coefficient (Wildman–Crippen LogP) is 7.81. The first-order valence-electron chi connectivity index (χ1n) is 11.5. The second-order valence-corrected chi connectivity index (χ2v) is 10.1. The predicted molar refractivity (Wildman–Crippen MR) is 127 cm³/mol. The van der Waals surface area contributed by atoms with Gasteiger partial charge in [0, 0.05) is 16.3 Å². The Morgan fingerprint density at radius 1 is 1.00 bits per heavy atom. The topological polar surface area (TPSA) is 40.5 Å². The minimum atomic E-state index is -5.22. The standard InChI is InChI=1S/C26H27F6NO2S/c1-16(2)19-7-3-4-8-20(19)36-21-10-9-17(22(25(27,28)29)23(21)26(30,31)32)6-5-13-33-14-11-18(12-15-33)24(34)35/h3-10,16,18H,11-15H2,1-2H3,(H,34,35)/b6-5+. The van der Waals surface area contributed by atoms with Gasteiger partial charge in [0.25, 0.3) is 0 Å². The van der Waals surface area contributed by atoms with Crippen LogP contribution in [0.3, 0.4) is 0 Å². The van der Waals surface area contributed by atoms with Gasteiger partial charge in [-0.15, -0.1) is 0 Å². The third-order valence-electron chi connectivity index (χ3n) is 6.13. The summed E-state index contributed by atoms with van der Waals surface area (Å²) in [6.07, 6.45) is -7.15. The zero-order valence-corrected chi connectivity index (χ0v) is 20.6. The number of piperidine rings is 1. The fourth-order valence-corrected chi connectivity index (χ4v) is 5.53. The second-order valence-electron chi connectivity index (χ2n) is 9.01. The number of carboxylic acids is 1. The van der Waals surface area contributed by atoms with Gasteiger partial charge in [-0.05, 0) is 55.1 Å². The van der Waals surface area contributed by atoms with Gasteiger partial charge in [-0.3, -0.25) is 9.69 Å². The Labute approximate surface area is 210 Å². The van der Waals surface area contributed by atoms with E-state index in [2.05, 4.69) is 0 Å². The molecule has 0 atom stereocenters. The molecule has 3 rings (SSSR count). The first kappa shape index (κ1) is 28.1. The molecule has 0 aromatic heterocycles. The Kier molecular flexibility index (Phi) is 8.82. The van der Waals surface area contributed by atoms with Crippen molar-refractivity contribution in [3.63, 3.8) is 0 Å². The lowest BCUT2D eigenvalue weighted by atomic mass is 9.97. The maximum absolute atomic E-state index is 14.1. The number of nitrogens with zero attached hydrogens (tertiary/aromatic N) is 1. The molecule has 0 spiro atoms. The van der Waals surface area contributed by atoms with E-state index in [1.165, 1.54) is 6.08 Å². The van der Waals surface area contributed by atoms with Gasteiger partial charge in [-0.1, -0.05) is 62.0 Å². The van der Waals surface area contributed by atoms with E-state index in [0.717, 1.165) is 23.8 Å². The fourth-order valence-electron chi connectivity index (χ4n) is 4.27. The van der Waals surface area contributed by atoms with Gasteiger partial charge in [0.1, 0.15) is 0 Å². The lowest BCUT2D eigenvalue weighted by Gasteiger charge is -2.29. The summed E-state index contributed by atoms with van der Waals surface area (Å²) in [5.41, 5.74) is -3.21. The Morgan fingerprint density at radius 3 is 2.17 bits per heavy atom. The van der Waals surface area contributed by atoms with Crippen LogP contribution in [-0.4, -0.2) is 35.6 Å². The molecule has 0 bridgehead atoms. The molecule has 1 saturated heterocycles. The van der Waals surface area contributed by atoms with E-state index < -0.39 is 45.8 Å². The third kappa shape index (κ3) is 6.85. The summed E-state index contributed by atoms with van der Waals surface area (Å²) < 4.78 is 84.5. The number of benzene rings is 2. The van der Waals surface area contributed by atoms with Crippen molar-refractivity contribution >= 4 is 23.8 Å². The molecule has 1 N–H and O–H groups in total. The lowest BCUT2D eigenvalue weighted by molar-refractivity contribution is -0.163. The first-order valence-corrected chi connectivity index (χ1v) is 12.3. The van der Waals surface area contributed by atoms with Crippen molar-refractivity contribution in [3.05, 3.63) is 64.7 Å². The maximum atomic E-state index is 14.1. The van der Waals surface area contributed by atoms with Gasteiger partial charge in [0.2, 0.25) is 0 Å². The van der Waals surface area contributed by atoms with Gasteiger partial charge in [0.05, 0.1) is 17.0 Å². The number of carboxylic acid groups (broad SMARTS) is 1. The molecule has 1 aliphatic rings. The van der Waals surface area contributed by atoms with E-state index in [0.29, 0.717) is 42.6 Å². The highest BCUT2D eigenvalue weighted by Gasteiger charge is 2.46. The summed E-state index contributed by atoms with van der Waals surface area (Å²) in [7, 11) is 0. The molecule has 1 aliphatic heterocycles. The summed E-state index contributed by atoms with van der Waals surface area (Å²) in [4.78, 5) is 12.9. The van der Waals surface area contributed by atoms with Gasteiger partial charge >= 0.3 is 18.3 Å². The molecule has 0 amide bonds. The van der Waals surface area contributed by atoms with Crippen LogP contribution >= 0.6 is 11.8 Å². The average molecular weight is 532 g/mol. The van der Waals surface area contributed by atoms with Crippen molar-refractivity contribution in [2.24, 2.45) is 5.92 Å². The quantitative estimate of drug-likeness (QED) is 0.370. The van der Waals surface area contributed by atoms with Crippen LogP contribution < -0.4 is 0 Å². The normalized spacial score (nSPS) is 16.2. The van der Waals surface area contributed by atoms with Crippen molar-refractivity contribution in [2.45, 2.75) is 54.8 Å². The molecule has 36 heavy (non-hydrogen) atoms. The zero-order valence-electron chi connectivity index (χ0n) is 19.8. The lowest BCUT2D eigenvalue weighted by Crippen LogP contribution is -2.36. The number of carbonyl (C=O) groups is 1. The van der Waals surface area contributed by atoms with Crippen molar-refractivity contribution in [1.82, 2.24) is 4.90 Å². The van der Waals surface area contributed by atoms with Gasteiger partial charge in [0.15, 0.2) is 0 Å². The van der Waals surface area contributed by atoms with Gasteiger partial charge in [-0.2, -0.15) is 26.3 Å². The molecule has 2 aromatic rings. The number of alkyl halides is 6. The van der Waals surface area contributed by atoms with Crippen molar-refractivity contribution < 1.29 is 36.2 Å². The molecular weight excluding hydrogens is 504 g/mol. The van der Waals surface area contributed by atoms with Crippen LogP contribution in [-0.2, 0) is 17.1 Å². The summed E-state index contributed by atoms with van der Waals surface area (Å²) in [5.74, 6) is -1.36. The molecular formula is C26H27F6NO2S. The monoisotopic (exact) mass is 531 g/mol. The summed E-state index contributed by atoms with van der Waals surface area (Å²) in [6, 6.07) is 8.91. The number of aliphatic carboxylic acids is 1. The fraction of sp³-hybridized carbons (Fsp3) is 0.423. The largest absolute Gasteiger partial charge is 0.481 e. The number of likely N-dealkylation sites (tertiary alicyclic amines) is 1. The Hall–Kier alpha value is -2.46. The van der Waals surface area contributed by atoms with Crippen LogP contribution in [0.1, 0.15) is 54.9 Å². The zero-order chi connectivity index (χ0) is 26.7. The SMILES string of the molecule is CC(C)c1ccccc1Sc1ccc(/C=C/CN2CCC(C(=O)O)CC2)c(C(F)(F)F)c1C(F)(F)F. The van der Waals surface area contributed by atoms with E-state index in [9.17, 15) is 31.1 Å². The number of rotatable bonds is 7. The van der Waals surface area contributed by atoms with E-state index in [4.69, 9.17) is 5.11 Å². The van der Waals surface area contributed by atoms with Gasteiger partial charge in [-0.25, -0.2) is 0 Å². The van der Waals surface area contributed by atoms with Crippen LogP contribution in [0.5, 0.6) is 0 Å². The van der Waals surface area contributed by atoms with E-state index in [1.807, 2.05) is 18.7 Å². The highest BCUT2D eigenvalue weighted by atomic mass is 32.2. The summed E-state index contributed by atoms with van der Waals surface area (Å²) in [6.45, 7) is 4.84. The minimum Gasteiger partial charge on any atom is -0.481 e. The van der Waals surface area contributed by atoms with Crippen LogP contribution in [0.15, 0.2) is 52.3 Å². The van der Waals surface area contributed by atoms with Crippen molar-refractivity contribution in [3.8, 4) is 0 Å². The van der Waals surface area contributed by atoms with Crippen LogP contribution in [0.4, 0.5) is 26.3 Å². The number of hydrogen-bond donors (Lipinski definition) is 1.